The Morgan fingerprint density at radius 1 is 0.966 bits per heavy atom. The summed E-state index contributed by atoms with van der Waals surface area (Å²) in [5.74, 6) is 0. The first-order valence-corrected chi connectivity index (χ1v) is 8.50. The third-order valence-electron chi connectivity index (χ3n) is 4.23. The molecule has 1 atom stereocenters. The van der Waals surface area contributed by atoms with Crippen LogP contribution in [0, 0.1) is 11.3 Å². The van der Waals surface area contributed by atoms with Crippen molar-refractivity contribution in [3.05, 3.63) is 70.8 Å². The van der Waals surface area contributed by atoms with E-state index in [9.17, 15) is 26.3 Å². The quantitative estimate of drug-likeness (QED) is 0.446. The van der Waals surface area contributed by atoms with E-state index in [0.29, 0.717) is 12.1 Å². The number of hydrogen-bond donors (Lipinski definition) is 0. The molecule has 2 aromatic rings. The molecule has 0 aliphatic rings. The number of halogens is 6. The zero-order valence-electron chi connectivity index (χ0n) is 15.4. The summed E-state index contributed by atoms with van der Waals surface area (Å²) in [7, 11) is 1.68. The van der Waals surface area contributed by atoms with Gasteiger partial charge in [-0.2, -0.15) is 31.6 Å². The number of alkyl halides is 6. The van der Waals surface area contributed by atoms with Gasteiger partial charge in [-0.1, -0.05) is 30.3 Å². The standard InChI is InChI=1S/C20H18F6N2O/c1-28(8-7-27)18(15-5-3-2-4-6-15)13-29-12-14-9-16(19(21,22)23)11-17(10-14)20(24,25)26/h2-6,9-11,18H,8,12-13H2,1H3/t18-/m1/s1. The third kappa shape index (κ3) is 6.48. The normalized spacial score (nSPS) is 13.3. The van der Waals surface area contributed by atoms with E-state index in [1.807, 2.05) is 6.07 Å². The van der Waals surface area contributed by atoms with Crippen LogP contribution in [0.25, 0.3) is 0 Å². The van der Waals surface area contributed by atoms with Gasteiger partial charge >= 0.3 is 12.4 Å². The van der Waals surface area contributed by atoms with Crippen molar-refractivity contribution in [3.63, 3.8) is 0 Å². The van der Waals surface area contributed by atoms with Crippen LogP contribution in [0.1, 0.15) is 28.3 Å². The monoisotopic (exact) mass is 416 g/mol. The van der Waals surface area contributed by atoms with Crippen molar-refractivity contribution >= 4 is 0 Å². The van der Waals surface area contributed by atoms with Crippen LogP contribution in [0.5, 0.6) is 0 Å². The molecule has 2 aromatic carbocycles. The van der Waals surface area contributed by atoms with Crippen molar-refractivity contribution in [3.8, 4) is 6.07 Å². The van der Waals surface area contributed by atoms with E-state index in [1.165, 1.54) is 0 Å². The summed E-state index contributed by atoms with van der Waals surface area (Å²) in [5, 5.41) is 8.90. The molecule has 156 valence electrons. The molecule has 0 aliphatic carbocycles. The molecule has 0 unspecified atom stereocenters. The van der Waals surface area contributed by atoms with Gasteiger partial charge in [-0.25, -0.2) is 0 Å². The summed E-state index contributed by atoms with van der Waals surface area (Å²) < 4.78 is 83.2. The summed E-state index contributed by atoms with van der Waals surface area (Å²) in [5.41, 5.74) is -2.19. The number of nitriles is 1. The summed E-state index contributed by atoms with van der Waals surface area (Å²) in [6, 6.07) is 11.9. The minimum atomic E-state index is -4.91. The lowest BCUT2D eigenvalue weighted by Crippen LogP contribution is -2.28. The van der Waals surface area contributed by atoms with Gasteiger partial charge in [0, 0.05) is 0 Å². The van der Waals surface area contributed by atoms with Gasteiger partial charge in [0.15, 0.2) is 0 Å². The zero-order valence-corrected chi connectivity index (χ0v) is 15.4. The number of nitrogens with zero attached hydrogens (tertiary/aromatic N) is 2. The smallest absolute Gasteiger partial charge is 0.375 e. The Morgan fingerprint density at radius 3 is 2.00 bits per heavy atom. The number of rotatable bonds is 7. The van der Waals surface area contributed by atoms with Crippen molar-refractivity contribution in [1.82, 2.24) is 4.90 Å². The summed E-state index contributed by atoms with van der Waals surface area (Å²) in [6.45, 7) is -0.374. The van der Waals surface area contributed by atoms with Crippen LogP contribution in [0.3, 0.4) is 0 Å². The summed E-state index contributed by atoms with van der Waals surface area (Å²) >= 11 is 0. The van der Waals surface area contributed by atoms with Crippen molar-refractivity contribution in [2.75, 3.05) is 20.2 Å². The second-order valence-corrected chi connectivity index (χ2v) is 6.43. The van der Waals surface area contributed by atoms with Gasteiger partial charge in [0.1, 0.15) is 0 Å². The Labute approximate surface area is 164 Å². The highest BCUT2D eigenvalue weighted by Gasteiger charge is 2.36. The van der Waals surface area contributed by atoms with Crippen LogP contribution in [-0.2, 0) is 23.7 Å². The molecule has 0 amide bonds. The highest BCUT2D eigenvalue weighted by Crippen LogP contribution is 2.36. The molecule has 0 N–H and O–H groups in total. The Kier molecular flexibility index (Phi) is 7.27. The van der Waals surface area contributed by atoms with Crippen molar-refractivity contribution in [1.29, 1.82) is 5.26 Å². The minimum Gasteiger partial charge on any atom is -0.375 e. The van der Waals surface area contributed by atoms with Crippen LogP contribution in [0.15, 0.2) is 48.5 Å². The first-order chi connectivity index (χ1) is 13.5. The maximum Gasteiger partial charge on any atom is 0.416 e. The molecule has 0 radical (unpaired) electrons. The van der Waals surface area contributed by atoms with Gasteiger partial charge < -0.3 is 4.74 Å². The molecular formula is C20H18F6N2O. The molecular weight excluding hydrogens is 398 g/mol. The van der Waals surface area contributed by atoms with Crippen molar-refractivity contribution in [2.24, 2.45) is 0 Å². The molecule has 0 saturated heterocycles. The van der Waals surface area contributed by atoms with Gasteiger partial charge in [-0.05, 0) is 36.4 Å². The van der Waals surface area contributed by atoms with Crippen LogP contribution >= 0.6 is 0 Å². The van der Waals surface area contributed by atoms with Gasteiger partial charge in [-0.15, -0.1) is 0 Å². The Morgan fingerprint density at radius 2 is 1.52 bits per heavy atom. The van der Waals surface area contributed by atoms with Crippen molar-refractivity contribution in [2.45, 2.75) is 25.0 Å². The fourth-order valence-electron chi connectivity index (χ4n) is 2.77. The van der Waals surface area contributed by atoms with E-state index < -0.39 is 30.1 Å². The SMILES string of the molecule is CN(CC#N)[C@H](COCc1cc(C(F)(F)F)cc(C(F)(F)F)c1)c1ccccc1. The van der Waals surface area contributed by atoms with Crippen LogP contribution in [-0.4, -0.2) is 25.1 Å². The maximum atomic E-state index is 13.0. The third-order valence-corrected chi connectivity index (χ3v) is 4.23. The molecule has 0 fully saturated rings. The predicted molar refractivity (Wildman–Crippen MR) is 93.5 cm³/mol. The van der Waals surface area contributed by atoms with E-state index in [4.69, 9.17) is 10.00 Å². The fraction of sp³-hybridized carbons (Fsp3) is 0.350. The second kappa shape index (κ2) is 9.29. The molecule has 0 aromatic heterocycles. The van der Waals surface area contributed by atoms with Crippen LogP contribution < -0.4 is 0 Å². The van der Waals surface area contributed by atoms with Crippen molar-refractivity contribution < 1.29 is 31.1 Å². The minimum absolute atomic E-state index is 0.0141. The average molecular weight is 416 g/mol. The summed E-state index contributed by atoms with van der Waals surface area (Å²) in [6.07, 6.45) is -9.81. The molecule has 0 aliphatic heterocycles. The van der Waals surface area contributed by atoms with E-state index in [-0.39, 0.29) is 30.8 Å². The number of benzene rings is 2. The fourth-order valence-corrected chi connectivity index (χ4v) is 2.77. The number of ether oxygens (including phenoxy) is 1. The van der Waals surface area contributed by atoms with E-state index >= 15 is 0 Å². The number of hydrogen-bond acceptors (Lipinski definition) is 3. The van der Waals surface area contributed by atoms with E-state index in [1.54, 1.807) is 42.3 Å². The van der Waals surface area contributed by atoms with E-state index in [2.05, 4.69) is 0 Å². The van der Waals surface area contributed by atoms with Crippen LogP contribution in [0.2, 0.25) is 0 Å². The largest absolute Gasteiger partial charge is 0.416 e. The Bertz CT molecular complexity index is 811. The average Bonchev–Trinajstić information content (AvgIpc) is 2.64. The Hall–Kier alpha value is -2.57. The van der Waals surface area contributed by atoms with Gasteiger partial charge in [0.2, 0.25) is 0 Å². The molecule has 0 spiro atoms. The summed E-state index contributed by atoms with van der Waals surface area (Å²) in [4.78, 5) is 1.68. The molecule has 0 heterocycles. The number of likely N-dealkylation sites (N-methyl/N-ethyl adjacent to an activating group) is 1. The second-order valence-electron chi connectivity index (χ2n) is 6.43. The molecule has 9 heteroatoms. The lowest BCUT2D eigenvalue weighted by molar-refractivity contribution is -0.143. The lowest BCUT2D eigenvalue weighted by atomic mass is 10.0. The van der Waals surface area contributed by atoms with Gasteiger partial charge in [0.25, 0.3) is 0 Å². The lowest BCUT2D eigenvalue weighted by Gasteiger charge is -2.26. The van der Waals surface area contributed by atoms with Crippen LogP contribution in [0.4, 0.5) is 26.3 Å². The highest BCUT2D eigenvalue weighted by atomic mass is 19.4. The first-order valence-electron chi connectivity index (χ1n) is 8.50. The molecule has 29 heavy (non-hydrogen) atoms. The van der Waals surface area contributed by atoms with E-state index in [0.717, 1.165) is 5.56 Å². The molecule has 3 nitrogen and oxygen atoms in total. The van der Waals surface area contributed by atoms with Gasteiger partial charge in [0.05, 0.1) is 43.0 Å². The molecule has 0 saturated carbocycles. The Balaban J connectivity index is 2.20. The highest BCUT2D eigenvalue weighted by molar-refractivity contribution is 5.33. The predicted octanol–water partition coefficient (Wildman–Crippen LogP) is 5.44. The topological polar surface area (TPSA) is 36.3 Å². The zero-order chi connectivity index (χ0) is 21.7. The van der Waals surface area contributed by atoms with Gasteiger partial charge in [-0.3, -0.25) is 4.90 Å². The molecule has 0 bridgehead atoms. The first kappa shape index (κ1) is 22.7. The maximum absolute atomic E-state index is 13.0. The molecule has 2 rings (SSSR count).